The van der Waals surface area contributed by atoms with Crippen molar-refractivity contribution < 1.29 is 9.53 Å². The van der Waals surface area contributed by atoms with Gasteiger partial charge >= 0.3 is 0 Å². The minimum absolute atomic E-state index is 0.00608. The zero-order valence-electron chi connectivity index (χ0n) is 18.9. The lowest BCUT2D eigenvalue weighted by Crippen LogP contribution is -2.28. The summed E-state index contributed by atoms with van der Waals surface area (Å²) in [6.45, 7) is 6.03. The van der Waals surface area contributed by atoms with E-state index in [0.29, 0.717) is 19.6 Å². The number of aromatic nitrogens is 3. The smallest absolute Gasteiger partial charge is 0.224 e. The summed E-state index contributed by atoms with van der Waals surface area (Å²) in [6.07, 6.45) is 3.91. The minimum Gasteiger partial charge on any atom is -0.491 e. The van der Waals surface area contributed by atoms with Crippen LogP contribution in [-0.4, -0.2) is 38.7 Å². The van der Waals surface area contributed by atoms with E-state index >= 15 is 0 Å². The van der Waals surface area contributed by atoms with Crippen molar-refractivity contribution in [1.29, 1.82) is 0 Å². The molecule has 1 aromatic heterocycles. The summed E-state index contributed by atoms with van der Waals surface area (Å²) in [6, 6.07) is 16.1. The zero-order valence-corrected chi connectivity index (χ0v) is 18.9. The Bertz CT molecular complexity index is 1170. The molecule has 2 N–H and O–H groups in total. The van der Waals surface area contributed by atoms with Crippen molar-refractivity contribution in [2.75, 3.05) is 13.2 Å². The molecule has 3 heterocycles. The van der Waals surface area contributed by atoms with Crippen LogP contribution < -0.4 is 15.4 Å². The number of hydrogen-bond acceptors (Lipinski definition) is 6. The second-order valence-electron chi connectivity index (χ2n) is 8.61. The Kier molecular flexibility index (Phi) is 5.73. The molecule has 2 aliphatic heterocycles. The topological polar surface area (TPSA) is 84.3 Å². The van der Waals surface area contributed by atoms with Gasteiger partial charge in [-0.1, -0.05) is 36.4 Å². The van der Waals surface area contributed by atoms with Gasteiger partial charge in [0, 0.05) is 24.4 Å². The average molecular weight is 445 g/mol. The number of nitrogens with zero attached hydrogens (tertiary/aromatic N) is 4. The first kappa shape index (κ1) is 21.1. The summed E-state index contributed by atoms with van der Waals surface area (Å²) in [4.78, 5) is 19.3. The highest BCUT2D eigenvalue weighted by molar-refractivity contribution is 5.78. The molecule has 0 aliphatic carbocycles. The summed E-state index contributed by atoms with van der Waals surface area (Å²) in [5.74, 6) is 1.65. The van der Waals surface area contributed by atoms with Gasteiger partial charge in [0.1, 0.15) is 24.8 Å². The van der Waals surface area contributed by atoms with Crippen molar-refractivity contribution in [2.45, 2.75) is 39.0 Å². The van der Waals surface area contributed by atoms with E-state index in [1.807, 2.05) is 47.1 Å². The fourth-order valence-electron chi connectivity index (χ4n) is 4.26. The highest BCUT2D eigenvalue weighted by Crippen LogP contribution is 2.37. The van der Waals surface area contributed by atoms with Crippen LogP contribution in [0.25, 0.3) is 5.70 Å². The summed E-state index contributed by atoms with van der Waals surface area (Å²) in [5, 5.41) is 11.0. The monoisotopic (exact) mass is 444 g/mol. The summed E-state index contributed by atoms with van der Waals surface area (Å²) in [7, 11) is 0. The van der Waals surface area contributed by atoms with E-state index in [2.05, 4.69) is 51.7 Å². The van der Waals surface area contributed by atoms with Crippen LogP contribution in [0.2, 0.25) is 0 Å². The fourth-order valence-corrected chi connectivity index (χ4v) is 4.26. The van der Waals surface area contributed by atoms with E-state index in [4.69, 9.17) is 4.74 Å². The maximum atomic E-state index is 12.6. The Labute approximate surface area is 193 Å². The lowest BCUT2D eigenvalue weighted by atomic mass is 10.0. The van der Waals surface area contributed by atoms with Gasteiger partial charge in [-0.25, -0.2) is 9.67 Å². The Hall–Kier alpha value is -3.81. The number of ether oxygens (including phenoxy) is 1. The van der Waals surface area contributed by atoms with Crippen molar-refractivity contribution in [3.63, 3.8) is 0 Å². The molecule has 0 fully saturated rings. The third-order valence-corrected chi connectivity index (χ3v) is 5.89. The standard InChI is InChI=1S/C25H28N6O2/c1-17(2)31-25(27-16-28-31)21-15-30-10-11-33-22-9-8-19(12-20(22)24(30)29-21)13-23(32)26-14-18-6-4-3-5-7-18/h3-9,12,15-17,24,29H,10-11,13-14H2,1-2H3,(H,26,32). The summed E-state index contributed by atoms with van der Waals surface area (Å²) < 4.78 is 7.91. The number of hydrogen-bond donors (Lipinski definition) is 2. The molecule has 0 saturated heterocycles. The molecule has 3 aromatic rings. The third kappa shape index (κ3) is 4.41. The Balaban J connectivity index is 1.32. The number of nitrogens with one attached hydrogen (secondary N) is 2. The van der Waals surface area contributed by atoms with Crippen LogP contribution in [0.15, 0.2) is 61.1 Å². The van der Waals surface area contributed by atoms with Crippen LogP contribution >= 0.6 is 0 Å². The predicted molar refractivity (Wildman–Crippen MR) is 125 cm³/mol. The Morgan fingerprint density at radius 2 is 2.06 bits per heavy atom. The molecule has 5 rings (SSSR count). The molecule has 1 unspecified atom stereocenters. The Morgan fingerprint density at radius 1 is 1.21 bits per heavy atom. The second kappa shape index (κ2) is 8.97. The molecule has 0 saturated carbocycles. The van der Waals surface area contributed by atoms with Crippen molar-refractivity contribution >= 4 is 11.6 Å². The molecule has 170 valence electrons. The third-order valence-electron chi connectivity index (χ3n) is 5.89. The summed E-state index contributed by atoms with van der Waals surface area (Å²) in [5.41, 5.74) is 3.98. The molecule has 8 heteroatoms. The van der Waals surface area contributed by atoms with Gasteiger partial charge in [-0.2, -0.15) is 5.10 Å². The molecule has 2 aliphatic rings. The SMILES string of the molecule is CC(C)n1ncnc1C1=CN2CCOc3ccc(CC(=O)NCc4ccccc4)cc3C2N1. The molecule has 1 amide bonds. The average Bonchev–Trinajstić information content (AvgIpc) is 3.43. The molecular formula is C25H28N6O2. The summed E-state index contributed by atoms with van der Waals surface area (Å²) >= 11 is 0. The van der Waals surface area contributed by atoms with Crippen LogP contribution in [0.5, 0.6) is 5.75 Å². The van der Waals surface area contributed by atoms with Gasteiger partial charge < -0.3 is 20.3 Å². The highest BCUT2D eigenvalue weighted by Gasteiger charge is 2.32. The molecule has 8 nitrogen and oxygen atoms in total. The number of amides is 1. The minimum atomic E-state index is -0.0813. The van der Waals surface area contributed by atoms with Gasteiger partial charge in [-0.3, -0.25) is 4.79 Å². The highest BCUT2D eigenvalue weighted by atomic mass is 16.5. The van der Waals surface area contributed by atoms with Gasteiger partial charge in [0.25, 0.3) is 0 Å². The first-order valence-corrected chi connectivity index (χ1v) is 11.3. The molecule has 2 aromatic carbocycles. The lowest BCUT2D eigenvalue weighted by molar-refractivity contribution is -0.120. The second-order valence-corrected chi connectivity index (χ2v) is 8.61. The number of carbonyl (C=O) groups excluding carboxylic acids is 1. The molecule has 1 atom stereocenters. The zero-order chi connectivity index (χ0) is 22.8. The van der Waals surface area contributed by atoms with Crippen LogP contribution in [0, 0.1) is 0 Å². The fraction of sp³-hybridized carbons (Fsp3) is 0.320. The van der Waals surface area contributed by atoms with Gasteiger partial charge in [0.15, 0.2) is 5.82 Å². The number of fused-ring (bicyclic) bond motifs is 3. The van der Waals surface area contributed by atoms with Gasteiger partial charge in [0.2, 0.25) is 5.91 Å². The van der Waals surface area contributed by atoms with E-state index in [1.165, 1.54) is 0 Å². The molecule has 0 bridgehead atoms. The molecule has 33 heavy (non-hydrogen) atoms. The van der Waals surface area contributed by atoms with E-state index in [0.717, 1.165) is 40.5 Å². The van der Waals surface area contributed by atoms with E-state index in [9.17, 15) is 4.79 Å². The lowest BCUT2D eigenvalue weighted by Gasteiger charge is -2.23. The van der Waals surface area contributed by atoms with Crippen molar-refractivity contribution in [1.82, 2.24) is 30.3 Å². The van der Waals surface area contributed by atoms with Gasteiger partial charge in [-0.15, -0.1) is 0 Å². The predicted octanol–water partition coefficient (Wildman–Crippen LogP) is 3.01. The molecule has 0 radical (unpaired) electrons. The number of carbonyl (C=O) groups is 1. The van der Waals surface area contributed by atoms with Crippen molar-refractivity contribution in [2.24, 2.45) is 0 Å². The van der Waals surface area contributed by atoms with Crippen LogP contribution in [0.3, 0.4) is 0 Å². The van der Waals surface area contributed by atoms with Crippen molar-refractivity contribution in [3.8, 4) is 5.75 Å². The van der Waals surface area contributed by atoms with Gasteiger partial charge in [0.05, 0.1) is 18.7 Å². The van der Waals surface area contributed by atoms with Crippen LogP contribution in [-0.2, 0) is 17.8 Å². The van der Waals surface area contributed by atoms with E-state index < -0.39 is 0 Å². The van der Waals surface area contributed by atoms with E-state index in [-0.39, 0.29) is 18.1 Å². The molecular weight excluding hydrogens is 416 g/mol. The van der Waals surface area contributed by atoms with Crippen molar-refractivity contribution in [3.05, 3.63) is 83.6 Å². The largest absolute Gasteiger partial charge is 0.491 e. The quantitative estimate of drug-likeness (QED) is 0.608. The van der Waals surface area contributed by atoms with E-state index in [1.54, 1.807) is 6.33 Å². The van der Waals surface area contributed by atoms with Gasteiger partial charge in [-0.05, 0) is 37.1 Å². The molecule has 0 spiro atoms. The first-order valence-electron chi connectivity index (χ1n) is 11.3. The van der Waals surface area contributed by atoms with Crippen LogP contribution in [0.1, 0.15) is 48.6 Å². The first-order chi connectivity index (χ1) is 16.1. The van der Waals surface area contributed by atoms with Crippen LogP contribution in [0.4, 0.5) is 0 Å². The maximum absolute atomic E-state index is 12.6. The number of rotatable bonds is 6. The maximum Gasteiger partial charge on any atom is 0.224 e. The Morgan fingerprint density at radius 3 is 2.88 bits per heavy atom. The number of benzene rings is 2. The normalized spacial score (nSPS) is 16.9.